The van der Waals surface area contributed by atoms with Crippen LogP contribution in [0.2, 0.25) is 5.02 Å². The Kier molecular flexibility index (Phi) is 6.55. The highest BCUT2D eigenvalue weighted by Gasteiger charge is 2.13. The van der Waals surface area contributed by atoms with Gasteiger partial charge in [0.2, 0.25) is 0 Å². The number of nitrogens with zero attached hydrogens (tertiary/aromatic N) is 2. The molecule has 1 amide bonds. The molecule has 0 aliphatic carbocycles. The van der Waals surface area contributed by atoms with Crippen LogP contribution in [0.5, 0.6) is 11.5 Å². The number of hydrogen-bond donors (Lipinski definition) is 1. The first-order valence-electron chi connectivity index (χ1n) is 8.46. The van der Waals surface area contributed by atoms with Crippen LogP contribution in [-0.4, -0.2) is 30.2 Å². The van der Waals surface area contributed by atoms with Crippen molar-refractivity contribution in [1.29, 1.82) is 0 Å². The van der Waals surface area contributed by atoms with Gasteiger partial charge in [0.05, 0.1) is 29.5 Å². The largest absolute Gasteiger partial charge is 0.493 e. The fraction of sp³-hybridized carbons (Fsp3) is 0.0476. The van der Waals surface area contributed by atoms with Crippen LogP contribution in [0.3, 0.4) is 0 Å². The minimum atomic E-state index is -0.551. The molecule has 0 bridgehead atoms. The number of carbonyl (C=O) groups excluding carboxylic acids is 2. The molecule has 146 valence electrons. The van der Waals surface area contributed by atoms with Crippen LogP contribution in [0.25, 0.3) is 0 Å². The van der Waals surface area contributed by atoms with E-state index in [0.29, 0.717) is 27.5 Å². The molecule has 0 aliphatic heterocycles. The van der Waals surface area contributed by atoms with Crippen LogP contribution >= 0.6 is 11.6 Å². The van der Waals surface area contributed by atoms with Crippen LogP contribution in [-0.2, 0) is 0 Å². The van der Waals surface area contributed by atoms with Gasteiger partial charge in [0.25, 0.3) is 5.91 Å². The molecule has 0 unspecified atom stereocenters. The second-order valence-electron chi connectivity index (χ2n) is 5.72. The molecule has 1 heterocycles. The monoisotopic (exact) mass is 409 g/mol. The van der Waals surface area contributed by atoms with E-state index < -0.39 is 11.9 Å². The Morgan fingerprint density at radius 1 is 1.10 bits per heavy atom. The van der Waals surface area contributed by atoms with Crippen molar-refractivity contribution >= 4 is 29.7 Å². The molecular weight excluding hydrogens is 394 g/mol. The summed E-state index contributed by atoms with van der Waals surface area (Å²) in [6.07, 6.45) is 4.41. The van der Waals surface area contributed by atoms with Crippen LogP contribution in [0.1, 0.15) is 26.3 Å². The number of pyridine rings is 1. The van der Waals surface area contributed by atoms with Crippen molar-refractivity contribution in [1.82, 2.24) is 10.4 Å². The van der Waals surface area contributed by atoms with Gasteiger partial charge in [0.15, 0.2) is 11.5 Å². The second-order valence-corrected chi connectivity index (χ2v) is 6.13. The number of hydrazone groups is 1. The summed E-state index contributed by atoms with van der Waals surface area (Å²) in [7, 11) is 1.46. The predicted molar refractivity (Wildman–Crippen MR) is 109 cm³/mol. The van der Waals surface area contributed by atoms with Crippen molar-refractivity contribution in [2.45, 2.75) is 0 Å². The summed E-state index contributed by atoms with van der Waals surface area (Å²) < 4.78 is 10.6. The standard InChI is InChI=1S/C21H16ClN3O4/c1-28-19-11-14(12-24-25-20(26)16-6-2-3-7-17(16)22)8-9-18(19)29-21(27)15-5-4-10-23-13-15/h2-13H,1H3,(H,25,26)/b24-12-. The number of benzene rings is 2. The SMILES string of the molecule is COc1cc(/C=N\NC(=O)c2ccccc2Cl)ccc1OC(=O)c1cccnc1. The van der Waals surface area contributed by atoms with Crippen LogP contribution in [0.4, 0.5) is 0 Å². The van der Waals surface area contributed by atoms with E-state index in [1.807, 2.05) is 0 Å². The van der Waals surface area contributed by atoms with Crippen molar-refractivity contribution in [3.8, 4) is 11.5 Å². The molecule has 1 aromatic heterocycles. The Balaban J connectivity index is 1.68. The molecule has 0 saturated heterocycles. The van der Waals surface area contributed by atoms with E-state index in [1.54, 1.807) is 60.8 Å². The number of nitrogens with one attached hydrogen (secondary N) is 1. The zero-order chi connectivity index (χ0) is 20.6. The van der Waals surface area contributed by atoms with Crippen molar-refractivity contribution in [2.75, 3.05) is 7.11 Å². The summed E-state index contributed by atoms with van der Waals surface area (Å²) >= 11 is 5.98. The van der Waals surface area contributed by atoms with Gasteiger partial charge in [0, 0.05) is 12.4 Å². The minimum absolute atomic E-state index is 0.249. The zero-order valence-electron chi connectivity index (χ0n) is 15.3. The van der Waals surface area contributed by atoms with E-state index in [2.05, 4.69) is 15.5 Å². The van der Waals surface area contributed by atoms with Gasteiger partial charge in [-0.25, -0.2) is 10.2 Å². The summed E-state index contributed by atoms with van der Waals surface area (Å²) in [6.45, 7) is 0. The van der Waals surface area contributed by atoms with Crippen molar-refractivity contribution in [2.24, 2.45) is 5.10 Å². The summed E-state index contributed by atoms with van der Waals surface area (Å²) in [4.78, 5) is 28.2. The van der Waals surface area contributed by atoms with Gasteiger partial charge in [0.1, 0.15) is 0 Å². The lowest BCUT2D eigenvalue weighted by Crippen LogP contribution is -2.17. The molecule has 1 N–H and O–H groups in total. The molecule has 8 heteroatoms. The van der Waals surface area contributed by atoms with E-state index in [1.165, 1.54) is 19.5 Å². The van der Waals surface area contributed by atoms with Gasteiger partial charge >= 0.3 is 5.97 Å². The number of aromatic nitrogens is 1. The molecule has 7 nitrogen and oxygen atoms in total. The molecular formula is C21H16ClN3O4. The molecule has 0 spiro atoms. The van der Waals surface area contributed by atoms with E-state index in [9.17, 15) is 9.59 Å². The highest BCUT2D eigenvalue weighted by atomic mass is 35.5. The number of hydrogen-bond acceptors (Lipinski definition) is 6. The Morgan fingerprint density at radius 2 is 1.93 bits per heavy atom. The van der Waals surface area contributed by atoms with E-state index in [-0.39, 0.29) is 5.75 Å². The maximum Gasteiger partial charge on any atom is 0.345 e. The minimum Gasteiger partial charge on any atom is -0.493 e. The Bertz CT molecular complexity index is 1050. The summed E-state index contributed by atoms with van der Waals surface area (Å²) in [5.41, 5.74) is 3.68. The summed E-state index contributed by atoms with van der Waals surface area (Å²) in [5, 5.41) is 4.25. The number of ether oxygens (including phenoxy) is 2. The summed E-state index contributed by atoms with van der Waals surface area (Å²) in [6, 6.07) is 14.8. The smallest absolute Gasteiger partial charge is 0.345 e. The zero-order valence-corrected chi connectivity index (χ0v) is 16.1. The topological polar surface area (TPSA) is 89.9 Å². The first-order chi connectivity index (χ1) is 14.1. The maximum atomic E-state index is 12.2. The van der Waals surface area contributed by atoms with Gasteiger partial charge in [-0.2, -0.15) is 5.10 Å². The lowest BCUT2D eigenvalue weighted by molar-refractivity contribution is 0.0729. The molecule has 29 heavy (non-hydrogen) atoms. The molecule has 0 aliphatic rings. The van der Waals surface area contributed by atoms with Crippen molar-refractivity contribution in [3.63, 3.8) is 0 Å². The van der Waals surface area contributed by atoms with Gasteiger partial charge in [-0.15, -0.1) is 0 Å². The van der Waals surface area contributed by atoms with Crippen LogP contribution in [0.15, 0.2) is 72.1 Å². The van der Waals surface area contributed by atoms with E-state index in [0.717, 1.165) is 0 Å². The summed E-state index contributed by atoms with van der Waals surface area (Å²) in [5.74, 6) is -0.395. The van der Waals surface area contributed by atoms with Crippen molar-refractivity contribution < 1.29 is 19.1 Å². The number of methoxy groups -OCH3 is 1. The second kappa shape index (κ2) is 9.48. The lowest BCUT2D eigenvalue weighted by Gasteiger charge is -2.09. The fourth-order valence-corrected chi connectivity index (χ4v) is 2.58. The highest BCUT2D eigenvalue weighted by molar-refractivity contribution is 6.33. The van der Waals surface area contributed by atoms with E-state index in [4.69, 9.17) is 21.1 Å². The number of esters is 1. The Labute approximate surface area is 171 Å². The Hall–Kier alpha value is -3.71. The third-order valence-corrected chi connectivity index (χ3v) is 4.12. The molecule has 0 radical (unpaired) electrons. The van der Waals surface area contributed by atoms with Crippen LogP contribution in [0, 0.1) is 0 Å². The average molecular weight is 410 g/mol. The van der Waals surface area contributed by atoms with Gasteiger partial charge in [-0.1, -0.05) is 23.7 Å². The first-order valence-corrected chi connectivity index (χ1v) is 8.84. The predicted octanol–water partition coefficient (Wildman–Crippen LogP) is 3.73. The van der Waals surface area contributed by atoms with E-state index >= 15 is 0 Å². The number of rotatable bonds is 6. The first kappa shape index (κ1) is 20.0. The number of amides is 1. The average Bonchev–Trinajstić information content (AvgIpc) is 2.75. The van der Waals surface area contributed by atoms with Gasteiger partial charge in [-0.05, 0) is 48.0 Å². The molecule has 0 fully saturated rings. The molecule has 3 aromatic rings. The molecule has 0 atom stereocenters. The quantitative estimate of drug-likeness (QED) is 0.290. The maximum absolute atomic E-state index is 12.2. The fourth-order valence-electron chi connectivity index (χ4n) is 2.36. The molecule has 2 aromatic carbocycles. The lowest BCUT2D eigenvalue weighted by atomic mass is 10.2. The van der Waals surface area contributed by atoms with Crippen molar-refractivity contribution in [3.05, 3.63) is 88.7 Å². The Morgan fingerprint density at radius 3 is 2.66 bits per heavy atom. The van der Waals surface area contributed by atoms with Gasteiger partial charge in [-0.3, -0.25) is 9.78 Å². The third kappa shape index (κ3) is 5.18. The van der Waals surface area contributed by atoms with Gasteiger partial charge < -0.3 is 9.47 Å². The normalized spacial score (nSPS) is 10.6. The molecule has 3 rings (SSSR count). The molecule has 0 saturated carbocycles. The van der Waals surface area contributed by atoms with Crippen LogP contribution < -0.4 is 14.9 Å². The number of carbonyl (C=O) groups is 2. The third-order valence-electron chi connectivity index (χ3n) is 3.79. The number of halogens is 1. The highest BCUT2D eigenvalue weighted by Crippen LogP contribution is 2.28.